The van der Waals surface area contributed by atoms with Crippen molar-refractivity contribution in [2.75, 3.05) is 28.4 Å². The van der Waals surface area contributed by atoms with E-state index in [1.165, 1.54) is 12.2 Å². The molecule has 0 heterocycles. The summed E-state index contributed by atoms with van der Waals surface area (Å²) in [6, 6.07) is 21.9. The van der Waals surface area contributed by atoms with Crippen LogP contribution in [0.3, 0.4) is 0 Å². The summed E-state index contributed by atoms with van der Waals surface area (Å²) in [5.74, 6) is 2.20. The minimum absolute atomic E-state index is 0.430. The van der Waals surface area contributed by atoms with Gasteiger partial charge in [0.2, 0.25) is 0 Å². The van der Waals surface area contributed by atoms with Gasteiger partial charge in [-0.05, 0) is 94.1 Å². The summed E-state index contributed by atoms with van der Waals surface area (Å²) in [5, 5.41) is 0. The fourth-order valence-electron chi connectivity index (χ4n) is 5.36. The van der Waals surface area contributed by atoms with Crippen LogP contribution in [0.25, 0.3) is 23.3 Å². The van der Waals surface area contributed by atoms with E-state index in [0.717, 1.165) is 33.4 Å². The highest BCUT2D eigenvalue weighted by molar-refractivity contribution is 5.90. The smallest absolute Gasteiger partial charge is 0.336 e. The Morgan fingerprint density at radius 2 is 0.933 bits per heavy atom. The number of hydrogen-bond acceptors (Lipinski definition) is 8. The summed E-state index contributed by atoms with van der Waals surface area (Å²) in [6.45, 7) is 4.17. The molecule has 0 saturated heterocycles. The number of rotatable bonds is 10. The minimum atomic E-state index is -0.506. The van der Waals surface area contributed by atoms with Gasteiger partial charge in [0.1, 0.15) is 11.5 Å². The summed E-state index contributed by atoms with van der Waals surface area (Å²) in [7, 11) is 6.25. The SMILES string of the molecule is COc1ccc(C=CC(=O)Oc2ccc3c(c2)C(C)(C)c2cc(OC(=O)C=Cc4ccc(OC)c(OC)c4)ccc2-3)cc1OC. The molecule has 0 aliphatic heterocycles. The number of carbonyl (C=O) groups excluding carboxylic acids is 2. The molecular formula is C37H34O8. The van der Waals surface area contributed by atoms with Crippen LogP contribution in [0.2, 0.25) is 0 Å². The minimum Gasteiger partial charge on any atom is -0.493 e. The molecular weight excluding hydrogens is 572 g/mol. The normalized spacial score (nSPS) is 12.8. The van der Waals surface area contributed by atoms with Crippen LogP contribution >= 0.6 is 0 Å². The zero-order chi connectivity index (χ0) is 32.1. The van der Waals surface area contributed by atoms with Gasteiger partial charge in [0.05, 0.1) is 28.4 Å². The molecule has 45 heavy (non-hydrogen) atoms. The number of methoxy groups -OCH3 is 4. The van der Waals surface area contributed by atoms with E-state index in [-0.39, 0.29) is 0 Å². The first-order valence-corrected chi connectivity index (χ1v) is 14.2. The Hall–Kier alpha value is -5.50. The van der Waals surface area contributed by atoms with E-state index in [2.05, 4.69) is 13.8 Å². The molecule has 4 aromatic rings. The topological polar surface area (TPSA) is 89.5 Å². The molecule has 8 heteroatoms. The maximum atomic E-state index is 12.7. The molecule has 1 aliphatic rings. The molecule has 4 aromatic carbocycles. The van der Waals surface area contributed by atoms with Crippen LogP contribution in [-0.2, 0) is 15.0 Å². The number of fused-ring (bicyclic) bond motifs is 3. The van der Waals surface area contributed by atoms with Crippen molar-refractivity contribution < 1.29 is 38.0 Å². The highest BCUT2D eigenvalue weighted by Crippen LogP contribution is 2.50. The molecule has 1 aliphatic carbocycles. The molecule has 0 saturated carbocycles. The first-order chi connectivity index (χ1) is 21.7. The molecule has 0 amide bonds. The summed E-state index contributed by atoms with van der Waals surface area (Å²) in [4.78, 5) is 25.3. The lowest BCUT2D eigenvalue weighted by Crippen LogP contribution is -2.16. The molecule has 0 N–H and O–H groups in total. The molecule has 230 valence electrons. The maximum Gasteiger partial charge on any atom is 0.336 e. The van der Waals surface area contributed by atoms with Gasteiger partial charge in [0.25, 0.3) is 0 Å². The average Bonchev–Trinajstić information content (AvgIpc) is 3.27. The predicted molar refractivity (Wildman–Crippen MR) is 172 cm³/mol. The number of hydrogen-bond donors (Lipinski definition) is 0. The zero-order valence-corrected chi connectivity index (χ0v) is 26.0. The van der Waals surface area contributed by atoms with Crippen molar-refractivity contribution >= 4 is 24.1 Å². The molecule has 0 radical (unpaired) electrons. The van der Waals surface area contributed by atoms with Gasteiger partial charge >= 0.3 is 11.9 Å². The second kappa shape index (κ2) is 13.0. The molecule has 0 atom stereocenters. The lowest BCUT2D eigenvalue weighted by atomic mass is 9.82. The van der Waals surface area contributed by atoms with Gasteiger partial charge < -0.3 is 28.4 Å². The third kappa shape index (κ3) is 6.55. The number of benzene rings is 4. The molecule has 8 nitrogen and oxygen atoms in total. The average molecular weight is 607 g/mol. The van der Waals surface area contributed by atoms with E-state index in [0.29, 0.717) is 34.5 Å². The third-order valence-corrected chi connectivity index (χ3v) is 7.69. The Morgan fingerprint density at radius 1 is 0.533 bits per heavy atom. The Bertz CT molecular complexity index is 1680. The first-order valence-electron chi connectivity index (χ1n) is 14.2. The van der Waals surface area contributed by atoms with E-state index in [4.69, 9.17) is 28.4 Å². The molecule has 5 rings (SSSR count). The van der Waals surface area contributed by atoms with Gasteiger partial charge in [0.15, 0.2) is 23.0 Å². The van der Waals surface area contributed by atoms with Crippen molar-refractivity contribution in [2.24, 2.45) is 0 Å². The molecule has 0 bridgehead atoms. The third-order valence-electron chi connectivity index (χ3n) is 7.69. The van der Waals surface area contributed by atoms with Crippen molar-refractivity contribution in [3.63, 3.8) is 0 Å². The maximum absolute atomic E-state index is 12.7. The second-order valence-corrected chi connectivity index (χ2v) is 10.8. The Morgan fingerprint density at radius 3 is 1.31 bits per heavy atom. The predicted octanol–water partition coefficient (Wildman–Crippen LogP) is 7.26. The highest BCUT2D eigenvalue weighted by Gasteiger charge is 2.36. The molecule has 0 unspecified atom stereocenters. The number of ether oxygens (including phenoxy) is 6. The van der Waals surface area contributed by atoms with Crippen molar-refractivity contribution in [2.45, 2.75) is 19.3 Å². The summed E-state index contributed by atoms with van der Waals surface area (Å²) >= 11 is 0. The lowest BCUT2D eigenvalue weighted by molar-refractivity contribution is -0.129. The lowest BCUT2D eigenvalue weighted by Gasteiger charge is -2.22. The van der Waals surface area contributed by atoms with Crippen molar-refractivity contribution in [1.29, 1.82) is 0 Å². The van der Waals surface area contributed by atoms with Crippen LogP contribution in [0.4, 0.5) is 0 Å². The number of esters is 2. The van der Waals surface area contributed by atoms with E-state index in [1.807, 2.05) is 36.4 Å². The van der Waals surface area contributed by atoms with Crippen LogP contribution < -0.4 is 28.4 Å². The monoisotopic (exact) mass is 606 g/mol. The van der Waals surface area contributed by atoms with Gasteiger partial charge in [-0.25, -0.2) is 9.59 Å². The van der Waals surface area contributed by atoms with Crippen LogP contribution in [0, 0.1) is 0 Å². The standard InChI is InChI=1S/C37H34O8/c1-37(2)29-21-25(44-35(38)17-9-23-7-15-31(40-3)33(19-23)42-5)11-13-27(29)28-14-12-26(22-30(28)37)45-36(39)18-10-24-8-16-32(41-4)34(20-24)43-6/h7-22H,1-6H3. The highest BCUT2D eigenvalue weighted by atomic mass is 16.5. The van der Waals surface area contributed by atoms with Gasteiger partial charge in [-0.1, -0.05) is 38.1 Å². The van der Waals surface area contributed by atoms with E-state index in [9.17, 15) is 9.59 Å². The Labute approximate surface area is 262 Å². The van der Waals surface area contributed by atoms with Crippen LogP contribution in [0.1, 0.15) is 36.1 Å². The van der Waals surface area contributed by atoms with Gasteiger partial charge in [-0.2, -0.15) is 0 Å². The van der Waals surface area contributed by atoms with Crippen molar-refractivity contribution in [3.8, 4) is 45.6 Å². The largest absolute Gasteiger partial charge is 0.493 e. The van der Waals surface area contributed by atoms with Crippen molar-refractivity contribution in [3.05, 3.63) is 107 Å². The van der Waals surface area contributed by atoms with E-state index >= 15 is 0 Å². The van der Waals surface area contributed by atoms with Gasteiger partial charge in [0, 0.05) is 17.6 Å². The van der Waals surface area contributed by atoms with Crippen molar-refractivity contribution in [1.82, 2.24) is 0 Å². The van der Waals surface area contributed by atoms with Gasteiger partial charge in [-0.15, -0.1) is 0 Å². The van der Waals surface area contributed by atoms with Crippen LogP contribution in [-0.4, -0.2) is 40.4 Å². The van der Waals surface area contributed by atoms with Crippen LogP contribution in [0.5, 0.6) is 34.5 Å². The van der Waals surface area contributed by atoms with Gasteiger partial charge in [-0.3, -0.25) is 0 Å². The summed E-state index contributed by atoms with van der Waals surface area (Å²) in [6.07, 6.45) is 6.05. The summed E-state index contributed by atoms with van der Waals surface area (Å²) < 4.78 is 32.5. The fourth-order valence-corrected chi connectivity index (χ4v) is 5.36. The Balaban J connectivity index is 1.28. The quantitative estimate of drug-likeness (QED) is 0.106. The fraction of sp³-hybridized carbons (Fsp3) is 0.189. The van der Waals surface area contributed by atoms with Crippen LogP contribution in [0.15, 0.2) is 84.9 Å². The van der Waals surface area contributed by atoms with E-state index in [1.54, 1.807) is 77.0 Å². The molecule has 0 spiro atoms. The summed E-state index contributed by atoms with van der Waals surface area (Å²) in [5.41, 5.74) is 5.17. The molecule has 0 aromatic heterocycles. The number of carbonyl (C=O) groups is 2. The zero-order valence-electron chi connectivity index (χ0n) is 26.0. The first kappa shape index (κ1) is 30.9. The second-order valence-electron chi connectivity index (χ2n) is 10.8. The van der Waals surface area contributed by atoms with E-state index < -0.39 is 17.4 Å². The molecule has 0 fully saturated rings. The Kier molecular flexibility index (Phi) is 8.95.